The summed E-state index contributed by atoms with van der Waals surface area (Å²) in [5.41, 5.74) is 1.48. The Balaban J connectivity index is 1.40. The molecule has 168 valence electrons. The summed E-state index contributed by atoms with van der Waals surface area (Å²) >= 11 is 0. The molecule has 33 heavy (non-hydrogen) atoms. The molecule has 0 radical (unpaired) electrons. The molecule has 1 aliphatic heterocycles. The van der Waals surface area contributed by atoms with Gasteiger partial charge in [0.2, 0.25) is 0 Å². The van der Waals surface area contributed by atoms with Gasteiger partial charge in [-0.2, -0.15) is 5.10 Å². The van der Waals surface area contributed by atoms with Gasteiger partial charge in [-0.05, 0) is 61.4 Å². The van der Waals surface area contributed by atoms with Gasteiger partial charge >= 0.3 is 6.03 Å². The molecule has 7 nitrogen and oxygen atoms in total. The summed E-state index contributed by atoms with van der Waals surface area (Å²) in [6, 6.07) is 9.70. The molecule has 1 unspecified atom stereocenters. The Hall–Kier alpha value is -4.08. The minimum Gasteiger partial charge on any atom is -0.349 e. The molecular formula is C23H19F3N6O. The van der Waals surface area contributed by atoms with E-state index in [2.05, 4.69) is 20.7 Å². The maximum atomic E-state index is 14.4. The lowest BCUT2D eigenvalue weighted by Gasteiger charge is -2.26. The molecular weight excluding hydrogens is 433 g/mol. The second-order valence-electron chi connectivity index (χ2n) is 7.72. The summed E-state index contributed by atoms with van der Waals surface area (Å²) in [5.74, 6) is -0.788. The van der Waals surface area contributed by atoms with Crippen LogP contribution in [0.15, 0.2) is 60.9 Å². The lowest BCUT2D eigenvalue weighted by molar-refractivity contribution is 0.262. The zero-order valence-electron chi connectivity index (χ0n) is 17.3. The lowest BCUT2D eigenvalue weighted by atomic mass is 10.0. The fraction of sp³-hybridized carbons (Fsp3) is 0.174. The molecule has 2 N–H and O–H groups in total. The van der Waals surface area contributed by atoms with E-state index in [4.69, 9.17) is 0 Å². The van der Waals surface area contributed by atoms with Crippen LogP contribution in [0.2, 0.25) is 0 Å². The molecule has 0 aliphatic carbocycles. The van der Waals surface area contributed by atoms with Crippen molar-refractivity contribution < 1.29 is 18.0 Å². The highest BCUT2D eigenvalue weighted by Gasteiger charge is 2.30. The smallest absolute Gasteiger partial charge is 0.323 e. The number of urea groups is 1. The molecule has 1 saturated heterocycles. The van der Waals surface area contributed by atoms with E-state index in [0.717, 1.165) is 18.6 Å². The van der Waals surface area contributed by atoms with Crippen LogP contribution in [0.25, 0.3) is 5.65 Å². The van der Waals surface area contributed by atoms with Gasteiger partial charge < -0.3 is 15.5 Å². The number of hydrogen-bond donors (Lipinski definition) is 2. The van der Waals surface area contributed by atoms with E-state index in [9.17, 15) is 18.0 Å². The molecule has 2 amide bonds. The second kappa shape index (κ2) is 8.45. The quantitative estimate of drug-likeness (QED) is 0.450. The van der Waals surface area contributed by atoms with E-state index in [1.165, 1.54) is 41.0 Å². The summed E-state index contributed by atoms with van der Waals surface area (Å²) < 4.78 is 42.8. The van der Waals surface area contributed by atoms with Crippen LogP contribution in [0.4, 0.5) is 35.2 Å². The molecule has 0 bridgehead atoms. The van der Waals surface area contributed by atoms with E-state index in [1.54, 1.807) is 12.3 Å². The molecule has 2 aromatic carbocycles. The van der Waals surface area contributed by atoms with Crippen LogP contribution in [-0.4, -0.2) is 27.2 Å². The van der Waals surface area contributed by atoms with Crippen LogP contribution >= 0.6 is 0 Å². The first-order valence-electron chi connectivity index (χ1n) is 10.4. The van der Waals surface area contributed by atoms with Crippen LogP contribution in [0.1, 0.15) is 24.4 Å². The van der Waals surface area contributed by atoms with Crippen molar-refractivity contribution in [2.24, 2.45) is 0 Å². The monoisotopic (exact) mass is 452 g/mol. The Morgan fingerprint density at radius 1 is 1.00 bits per heavy atom. The minimum absolute atomic E-state index is 0.291. The molecule has 0 saturated carbocycles. The Kier molecular flexibility index (Phi) is 5.33. The fourth-order valence-electron chi connectivity index (χ4n) is 4.06. The maximum Gasteiger partial charge on any atom is 0.323 e. The van der Waals surface area contributed by atoms with Gasteiger partial charge in [-0.25, -0.2) is 27.5 Å². The van der Waals surface area contributed by atoms with Gasteiger partial charge in [0, 0.05) is 24.0 Å². The first-order chi connectivity index (χ1) is 16.0. The van der Waals surface area contributed by atoms with E-state index in [0.29, 0.717) is 41.4 Å². The Labute approximate surface area is 186 Å². The van der Waals surface area contributed by atoms with Crippen molar-refractivity contribution in [3.05, 3.63) is 83.9 Å². The number of amides is 2. The fourth-order valence-corrected chi connectivity index (χ4v) is 4.06. The van der Waals surface area contributed by atoms with Crippen molar-refractivity contribution >= 4 is 28.9 Å². The van der Waals surface area contributed by atoms with Crippen molar-refractivity contribution in [1.29, 1.82) is 0 Å². The van der Waals surface area contributed by atoms with E-state index >= 15 is 0 Å². The summed E-state index contributed by atoms with van der Waals surface area (Å²) in [4.78, 5) is 18.9. The molecule has 1 atom stereocenters. The number of hydrogen-bond acceptors (Lipinski definition) is 4. The SMILES string of the molecule is O=C(Nc1ccc(F)cc1)Nc1cnn2ccc(N3CCCC3c3cc(F)ccc3F)nc12. The standard InChI is InChI=1S/C23H19F3N6O/c24-14-3-6-16(7-4-14)28-23(33)29-19-13-27-32-11-9-21(30-22(19)32)31-10-1-2-20(31)17-12-15(25)5-8-18(17)26/h3-9,11-13,20H,1-2,10H2,(H2,28,29,33). The number of benzene rings is 2. The minimum atomic E-state index is -0.537. The molecule has 3 heterocycles. The van der Waals surface area contributed by atoms with Gasteiger partial charge in [0.05, 0.1) is 12.2 Å². The van der Waals surface area contributed by atoms with Crippen LogP contribution in [-0.2, 0) is 0 Å². The van der Waals surface area contributed by atoms with Crippen LogP contribution in [0, 0.1) is 17.5 Å². The third-order valence-electron chi connectivity index (χ3n) is 5.57. The van der Waals surface area contributed by atoms with Crippen LogP contribution < -0.4 is 15.5 Å². The third-order valence-corrected chi connectivity index (χ3v) is 5.57. The maximum absolute atomic E-state index is 14.4. The van der Waals surface area contributed by atoms with Gasteiger partial charge in [-0.1, -0.05) is 0 Å². The number of carbonyl (C=O) groups is 1. The number of aromatic nitrogens is 3. The largest absolute Gasteiger partial charge is 0.349 e. The zero-order chi connectivity index (χ0) is 22.9. The molecule has 5 rings (SSSR count). The lowest BCUT2D eigenvalue weighted by Crippen LogP contribution is -2.25. The average molecular weight is 452 g/mol. The normalized spacial score (nSPS) is 15.7. The van der Waals surface area contributed by atoms with Crippen molar-refractivity contribution in [2.75, 3.05) is 22.1 Å². The highest BCUT2D eigenvalue weighted by Crippen LogP contribution is 2.37. The van der Waals surface area contributed by atoms with Crippen molar-refractivity contribution in [3.8, 4) is 0 Å². The number of fused-ring (bicyclic) bond motifs is 1. The first kappa shape index (κ1) is 20.8. The molecule has 1 aliphatic rings. The third kappa shape index (κ3) is 4.19. The number of anilines is 3. The van der Waals surface area contributed by atoms with Gasteiger partial charge in [-0.15, -0.1) is 0 Å². The summed E-state index contributed by atoms with van der Waals surface area (Å²) in [7, 11) is 0. The van der Waals surface area contributed by atoms with E-state index in [1.807, 2.05) is 4.90 Å². The Morgan fingerprint density at radius 2 is 1.79 bits per heavy atom. The van der Waals surface area contributed by atoms with Crippen molar-refractivity contribution in [3.63, 3.8) is 0 Å². The zero-order valence-corrected chi connectivity index (χ0v) is 17.3. The molecule has 0 spiro atoms. The molecule has 2 aromatic heterocycles. The van der Waals surface area contributed by atoms with Crippen LogP contribution in [0.5, 0.6) is 0 Å². The highest BCUT2D eigenvalue weighted by molar-refractivity contribution is 6.01. The van der Waals surface area contributed by atoms with Crippen LogP contribution in [0.3, 0.4) is 0 Å². The topological polar surface area (TPSA) is 74.6 Å². The van der Waals surface area contributed by atoms with Gasteiger partial charge in [0.25, 0.3) is 0 Å². The highest BCUT2D eigenvalue weighted by atomic mass is 19.1. The summed E-state index contributed by atoms with van der Waals surface area (Å²) in [6.45, 7) is 0.631. The summed E-state index contributed by atoms with van der Waals surface area (Å²) in [5, 5.41) is 9.50. The molecule has 10 heteroatoms. The number of nitrogens with zero attached hydrogens (tertiary/aromatic N) is 4. The van der Waals surface area contributed by atoms with E-state index in [-0.39, 0.29) is 6.04 Å². The number of nitrogens with one attached hydrogen (secondary N) is 2. The predicted molar refractivity (Wildman–Crippen MR) is 118 cm³/mol. The van der Waals surface area contributed by atoms with E-state index < -0.39 is 23.5 Å². The number of halogens is 3. The Bertz CT molecular complexity index is 1320. The summed E-state index contributed by atoms with van der Waals surface area (Å²) in [6.07, 6.45) is 4.62. The number of rotatable bonds is 4. The van der Waals surface area contributed by atoms with Crippen molar-refractivity contribution in [1.82, 2.24) is 14.6 Å². The van der Waals surface area contributed by atoms with Gasteiger partial charge in [-0.3, -0.25) is 0 Å². The second-order valence-corrected chi connectivity index (χ2v) is 7.72. The predicted octanol–water partition coefficient (Wildman–Crippen LogP) is 5.13. The Morgan fingerprint density at radius 3 is 2.61 bits per heavy atom. The number of carbonyl (C=O) groups excluding carboxylic acids is 1. The van der Waals surface area contributed by atoms with Gasteiger partial charge in [0.1, 0.15) is 29.0 Å². The average Bonchev–Trinajstić information content (AvgIpc) is 3.44. The molecule has 1 fully saturated rings. The first-order valence-corrected chi connectivity index (χ1v) is 10.4. The molecule has 4 aromatic rings. The van der Waals surface area contributed by atoms with Crippen molar-refractivity contribution in [2.45, 2.75) is 18.9 Å². The van der Waals surface area contributed by atoms with Gasteiger partial charge in [0.15, 0.2) is 5.65 Å².